The van der Waals surface area contributed by atoms with Crippen LogP contribution in [0.4, 0.5) is 9.18 Å². The molecule has 0 fully saturated rings. The molecular weight excluding hydrogens is 381 g/mol. The lowest BCUT2D eigenvalue weighted by Gasteiger charge is -2.17. The van der Waals surface area contributed by atoms with E-state index in [4.69, 9.17) is 4.74 Å². The van der Waals surface area contributed by atoms with E-state index < -0.39 is 24.8 Å². The first kappa shape index (κ1) is 20.2. The number of halogens is 1. The summed E-state index contributed by atoms with van der Waals surface area (Å²) in [4.78, 5) is 23.5. The Kier molecular flexibility index (Phi) is 6.92. The zero-order chi connectivity index (χ0) is 19.9. The van der Waals surface area contributed by atoms with E-state index >= 15 is 0 Å². The van der Waals surface area contributed by atoms with E-state index in [9.17, 15) is 19.1 Å². The molecule has 1 atom stereocenters. The fraction of sp³-hybridized carbons (Fsp3) is 0.333. The maximum atomic E-state index is 12.2. The third kappa shape index (κ3) is 4.65. The molecule has 0 heterocycles. The van der Waals surface area contributed by atoms with E-state index in [0.717, 1.165) is 22.3 Å². The van der Waals surface area contributed by atoms with Crippen LogP contribution in [0.15, 0.2) is 48.5 Å². The molecule has 2 aromatic rings. The molecule has 28 heavy (non-hydrogen) atoms. The highest BCUT2D eigenvalue weighted by Gasteiger charge is 2.29. The van der Waals surface area contributed by atoms with Gasteiger partial charge < -0.3 is 15.2 Å². The SMILES string of the molecule is O=C(NC(CCSCCF)C(=O)O)OCC1c2ccccc2-c2ccccc21. The number of fused-ring (bicyclic) bond motifs is 3. The number of hydrogen-bond acceptors (Lipinski definition) is 4. The van der Waals surface area contributed by atoms with E-state index in [1.807, 2.05) is 48.5 Å². The van der Waals surface area contributed by atoms with Gasteiger partial charge in [0.1, 0.15) is 12.6 Å². The molecule has 1 aliphatic carbocycles. The van der Waals surface area contributed by atoms with E-state index in [1.54, 1.807) is 0 Å². The van der Waals surface area contributed by atoms with Crippen LogP contribution in [-0.4, -0.2) is 48.0 Å². The molecule has 7 heteroatoms. The number of aliphatic carboxylic acids is 1. The van der Waals surface area contributed by atoms with Crippen LogP contribution in [-0.2, 0) is 9.53 Å². The highest BCUT2D eigenvalue weighted by molar-refractivity contribution is 7.99. The first-order valence-corrected chi connectivity index (χ1v) is 10.2. The monoisotopic (exact) mass is 403 g/mol. The molecule has 148 valence electrons. The van der Waals surface area contributed by atoms with Gasteiger partial charge in [-0.2, -0.15) is 11.8 Å². The summed E-state index contributed by atoms with van der Waals surface area (Å²) in [7, 11) is 0. The Balaban J connectivity index is 1.60. The van der Waals surface area contributed by atoms with Crippen molar-refractivity contribution < 1.29 is 23.8 Å². The van der Waals surface area contributed by atoms with Crippen LogP contribution in [0.1, 0.15) is 23.5 Å². The van der Waals surface area contributed by atoms with Gasteiger partial charge in [-0.15, -0.1) is 0 Å². The van der Waals surface area contributed by atoms with E-state index in [-0.39, 0.29) is 18.9 Å². The summed E-state index contributed by atoms with van der Waals surface area (Å²) in [6.07, 6.45) is -0.547. The number of hydrogen-bond donors (Lipinski definition) is 2. The van der Waals surface area contributed by atoms with E-state index in [0.29, 0.717) is 11.5 Å². The predicted molar refractivity (Wildman–Crippen MR) is 108 cm³/mol. The summed E-state index contributed by atoms with van der Waals surface area (Å²) in [5.41, 5.74) is 4.43. The molecule has 0 saturated carbocycles. The van der Waals surface area contributed by atoms with Crippen molar-refractivity contribution in [2.45, 2.75) is 18.4 Å². The summed E-state index contributed by atoms with van der Waals surface area (Å²) in [5.74, 6) is -0.446. The number of alkyl halides is 1. The molecule has 0 radical (unpaired) electrons. The van der Waals surface area contributed by atoms with Crippen LogP contribution in [0.3, 0.4) is 0 Å². The molecule has 0 spiro atoms. The minimum Gasteiger partial charge on any atom is -0.480 e. The third-order valence-electron chi connectivity index (χ3n) is 4.71. The summed E-state index contributed by atoms with van der Waals surface area (Å²) in [6, 6.07) is 14.9. The van der Waals surface area contributed by atoms with Gasteiger partial charge in [0.05, 0.1) is 6.67 Å². The number of carboxylic acid groups (broad SMARTS) is 1. The van der Waals surface area contributed by atoms with Gasteiger partial charge in [0.15, 0.2) is 0 Å². The highest BCUT2D eigenvalue weighted by Crippen LogP contribution is 2.44. The van der Waals surface area contributed by atoms with Gasteiger partial charge in [-0.05, 0) is 34.4 Å². The summed E-state index contributed by atoms with van der Waals surface area (Å²) in [5, 5.41) is 11.7. The van der Waals surface area contributed by atoms with Gasteiger partial charge in [0.2, 0.25) is 0 Å². The predicted octanol–water partition coefficient (Wildman–Crippen LogP) is 4.07. The Morgan fingerprint density at radius 2 is 1.68 bits per heavy atom. The van der Waals surface area contributed by atoms with Crippen molar-refractivity contribution in [1.29, 1.82) is 0 Å². The molecule has 2 aromatic carbocycles. The number of carboxylic acids is 1. The van der Waals surface area contributed by atoms with Crippen LogP contribution in [0, 0.1) is 0 Å². The largest absolute Gasteiger partial charge is 0.480 e. The van der Waals surface area contributed by atoms with Crippen LogP contribution in [0.2, 0.25) is 0 Å². The molecule has 1 amide bonds. The van der Waals surface area contributed by atoms with Crippen molar-refractivity contribution in [3.63, 3.8) is 0 Å². The lowest BCUT2D eigenvalue weighted by molar-refractivity contribution is -0.139. The molecule has 1 unspecified atom stereocenters. The molecule has 0 bridgehead atoms. The first-order valence-electron chi connectivity index (χ1n) is 9.10. The fourth-order valence-electron chi connectivity index (χ4n) is 3.40. The minimum atomic E-state index is -1.13. The smallest absolute Gasteiger partial charge is 0.407 e. The number of carbonyl (C=O) groups excluding carboxylic acids is 1. The van der Waals surface area contributed by atoms with Gasteiger partial charge in [0, 0.05) is 11.7 Å². The first-order chi connectivity index (χ1) is 13.6. The quantitative estimate of drug-likeness (QED) is 0.618. The second-order valence-corrected chi connectivity index (χ2v) is 7.68. The topological polar surface area (TPSA) is 75.6 Å². The standard InChI is InChI=1S/C21H22FNO4S/c22-10-12-28-11-9-19(20(24)25)23-21(26)27-13-18-16-7-3-1-5-14(16)15-6-2-4-8-17(15)18/h1-8,18-19H,9-13H2,(H,23,26)(H,24,25). The molecule has 0 saturated heterocycles. The number of rotatable bonds is 9. The Morgan fingerprint density at radius 3 is 2.25 bits per heavy atom. The Bertz CT molecular complexity index is 799. The van der Waals surface area contributed by atoms with Crippen molar-refractivity contribution in [2.24, 2.45) is 0 Å². The zero-order valence-electron chi connectivity index (χ0n) is 15.3. The average molecular weight is 403 g/mol. The van der Waals surface area contributed by atoms with E-state index in [1.165, 1.54) is 11.8 Å². The second kappa shape index (κ2) is 9.59. The van der Waals surface area contributed by atoms with Crippen molar-refractivity contribution in [3.8, 4) is 11.1 Å². The Morgan fingerprint density at radius 1 is 1.07 bits per heavy atom. The number of ether oxygens (including phenoxy) is 1. The van der Waals surface area contributed by atoms with Gasteiger partial charge >= 0.3 is 12.1 Å². The molecular formula is C21H22FNO4S. The fourth-order valence-corrected chi connectivity index (χ4v) is 4.11. The zero-order valence-corrected chi connectivity index (χ0v) is 16.1. The van der Waals surface area contributed by atoms with Crippen molar-refractivity contribution in [1.82, 2.24) is 5.32 Å². The van der Waals surface area contributed by atoms with Crippen LogP contribution in [0.25, 0.3) is 11.1 Å². The number of benzene rings is 2. The van der Waals surface area contributed by atoms with Gasteiger partial charge in [-0.1, -0.05) is 48.5 Å². The minimum absolute atomic E-state index is 0.0819. The highest BCUT2D eigenvalue weighted by atomic mass is 32.2. The normalized spacial score (nSPS) is 13.5. The number of thioether (sulfide) groups is 1. The lowest BCUT2D eigenvalue weighted by Crippen LogP contribution is -2.41. The molecule has 0 aromatic heterocycles. The van der Waals surface area contributed by atoms with Crippen molar-refractivity contribution in [2.75, 3.05) is 24.8 Å². The molecule has 1 aliphatic rings. The van der Waals surface area contributed by atoms with Gasteiger partial charge in [-0.3, -0.25) is 4.39 Å². The Labute approximate surface area is 167 Å². The molecule has 2 N–H and O–H groups in total. The van der Waals surface area contributed by atoms with Crippen molar-refractivity contribution >= 4 is 23.8 Å². The number of amides is 1. The Hall–Kier alpha value is -2.54. The number of carbonyl (C=O) groups is 2. The van der Waals surface area contributed by atoms with Crippen molar-refractivity contribution in [3.05, 3.63) is 59.7 Å². The molecule has 3 rings (SSSR count). The second-order valence-electron chi connectivity index (χ2n) is 6.45. The maximum absolute atomic E-state index is 12.2. The number of nitrogens with one attached hydrogen (secondary N) is 1. The maximum Gasteiger partial charge on any atom is 0.407 e. The van der Waals surface area contributed by atoms with Crippen LogP contribution < -0.4 is 5.32 Å². The molecule has 0 aliphatic heterocycles. The van der Waals surface area contributed by atoms with Crippen LogP contribution >= 0.6 is 11.8 Å². The summed E-state index contributed by atoms with van der Waals surface area (Å²) in [6.45, 7) is -0.328. The summed E-state index contributed by atoms with van der Waals surface area (Å²) < 4.78 is 17.5. The number of alkyl carbamates (subject to hydrolysis) is 1. The van der Waals surface area contributed by atoms with Gasteiger partial charge in [0.25, 0.3) is 0 Å². The molecule has 5 nitrogen and oxygen atoms in total. The van der Waals surface area contributed by atoms with E-state index in [2.05, 4.69) is 5.32 Å². The third-order valence-corrected chi connectivity index (χ3v) is 5.67. The summed E-state index contributed by atoms with van der Waals surface area (Å²) >= 11 is 1.31. The van der Waals surface area contributed by atoms with Gasteiger partial charge in [-0.25, -0.2) is 9.59 Å². The van der Waals surface area contributed by atoms with Crippen LogP contribution in [0.5, 0.6) is 0 Å². The average Bonchev–Trinajstić information content (AvgIpc) is 3.02. The lowest BCUT2D eigenvalue weighted by atomic mass is 9.98.